The number of pyridine rings is 1. The highest BCUT2D eigenvalue weighted by molar-refractivity contribution is 7.89. The largest absolute Gasteiger partial charge is 0.433 e. The summed E-state index contributed by atoms with van der Waals surface area (Å²) in [6.45, 7) is 9.65. The van der Waals surface area contributed by atoms with Gasteiger partial charge in [-0.25, -0.2) is 13.4 Å². The quantitative estimate of drug-likeness (QED) is 0.733. The van der Waals surface area contributed by atoms with Crippen LogP contribution in [0.4, 0.5) is 13.2 Å². The molecule has 3 fully saturated rings. The van der Waals surface area contributed by atoms with E-state index in [1.165, 1.54) is 11.2 Å². The summed E-state index contributed by atoms with van der Waals surface area (Å²) in [5.41, 5.74) is -1.18. The van der Waals surface area contributed by atoms with Crippen LogP contribution in [0.5, 0.6) is 0 Å². The van der Waals surface area contributed by atoms with Crippen LogP contribution < -0.4 is 0 Å². The number of nitrogens with zero attached hydrogens (tertiary/aromatic N) is 3. The summed E-state index contributed by atoms with van der Waals surface area (Å²) in [7, 11) is -3.84. The summed E-state index contributed by atoms with van der Waals surface area (Å²) in [4.78, 5) is 5.72. The number of hydrogen-bond acceptors (Lipinski definition) is 5. The maximum Gasteiger partial charge on any atom is 0.433 e. The van der Waals surface area contributed by atoms with E-state index >= 15 is 0 Å². The number of hydrogen-bond donors (Lipinski definition) is 0. The van der Waals surface area contributed by atoms with Crippen LogP contribution in [-0.2, 0) is 20.9 Å². The highest BCUT2D eigenvalue weighted by atomic mass is 32.2. The molecule has 10 heteroatoms. The third-order valence-corrected chi connectivity index (χ3v) is 8.32. The number of rotatable bonds is 3. The zero-order valence-electron chi connectivity index (χ0n) is 16.8. The molecule has 4 rings (SSSR count). The first-order chi connectivity index (χ1) is 13.3. The summed E-state index contributed by atoms with van der Waals surface area (Å²) >= 11 is 0. The normalized spacial score (nSPS) is 27.4. The van der Waals surface area contributed by atoms with Crippen LogP contribution in [0.1, 0.15) is 31.7 Å². The molecule has 3 saturated heterocycles. The highest BCUT2D eigenvalue weighted by Gasteiger charge is 2.58. The average molecular weight is 433 g/mol. The Kier molecular flexibility index (Phi) is 4.81. The van der Waals surface area contributed by atoms with E-state index in [4.69, 9.17) is 4.74 Å². The van der Waals surface area contributed by atoms with Crippen molar-refractivity contribution in [2.75, 3.05) is 39.4 Å². The standard InChI is InChI=1S/C19H26F3N3O3S/c1-13-14(4-5-15(23-13)19(20,21)22)29(26,27)25-10-18(11-25)8-24(9-18)16-6-7-28-12-17(16,2)3/h4-5,16H,6-12H2,1-3H3/t16-/m1/s1. The number of aromatic nitrogens is 1. The molecule has 1 aromatic heterocycles. The zero-order valence-corrected chi connectivity index (χ0v) is 17.6. The molecule has 1 atom stereocenters. The van der Waals surface area contributed by atoms with Crippen molar-refractivity contribution in [1.82, 2.24) is 14.2 Å². The van der Waals surface area contributed by atoms with Crippen LogP contribution in [0.25, 0.3) is 0 Å². The van der Waals surface area contributed by atoms with Crippen molar-refractivity contribution in [3.05, 3.63) is 23.5 Å². The first kappa shape index (κ1) is 21.0. The third-order valence-electron chi connectivity index (χ3n) is 6.40. The molecule has 0 amide bonds. The van der Waals surface area contributed by atoms with E-state index in [1.54, 1.807) is 0 Å². The van der Waals surface area contributed by atoms with Gasteiger partial charge in [0.1, 0.15) is 10.6 Å². The van der Waals surface area contributed by atoms with Crippen molar-refractivity contribution < 1.29 is 26.3 Å². The fourth-order valence-corrected chi connectivity index (χ4v) is 6.74. The van der Waals surface area contributed by atoms with E-state index in [2.05, 4.69) is 23.7 Å². The van der Waals surface area contributed by atoms with Crippen molar-refractivity contribution in [3.8, 4) is 0 Å². The predicted octanol–water partition coefficient (Wildman–Crippen LogP) is 2.53. The second-order valence-corrected chi connectivity index (χ2v) is 11.2. The van der Waals surface area contributed by atoms with Gasteiger partial charge in [-0.1, -0.05) is 13.8 Å². The molecule has 0 N–H and O–H groups in total. The van der Waals surface area contributed by atoms with Gasteiger partial charge in [-0.2, -0.15) is 17.5 Å². The molecule has 162 valence electrons. The first-order valence-electron chi connectivity index (χ1n) is 9.71. The lowest BCUT2D eigenvalue weighted by Gasteiger charge is -2.63. The van der Waals surface area contributed by atoms with Crippen molar-refractivity contribution in [2.24, 2.45) is 10.8 Å². The molecule has 3 aliphatic heterocycles. The van der Waals surface area contributed by atoms with Crippen LogP contribution in [0.2, 0.25) is 0 Å². The van der Waals surface area contributed by atoms with Crippen LogP contribution in [-0.4, -0.2) is 68.0 Å². The Balaban J connectivity index is 1.41. The zero-order chi connectivity index (χ0) is 21.2. The Morgan fingerprint density at radius 1 is 1.17 bits per heavy atom. The van der Waals surface area contributed by atoms with Gasteiger partial charge < -0.3 is 4.74 Å². The van der Waals surface area contributed by atoms with Crippen molar-refractivity contribution in [2.45, 2.75) is 44.3 Å². The van der Waals surface area contributed by atoms with Gasteiger partial charge in [0, 0.05) is 49.7 Å². The monoisotopic (exact) mass is 433 g/mol. The Labute approximate surface area is 169 Å². The summed E-state index contributed by atoms with van der Waals surface area (Å²) in [5, 5.41) is 0. The van der Waals surface area contributed by atoms with E-state index in [0.717, 1.165) is 44.9 Å². The molecular formula is C19H26F3N3O3S. The number of sulfonamides is 1. The molecule has 4 heterocycles. The maximum absolute atomic E-state index is 12.9. The van der Waals surface area contributed by atoms with Gasteiger partial charge in [0.25, 0.3) is 0 Å². The van der Waals surface area contributed by atoms with E-state index in [9.17, 15) is 21.6 Å². The SMILES string of the molecule is Cc1nc(C(F)(F)F)ccc1S(=O)(=O)N1CC2(CN([C@@H]3CCOCC3(C)C)C2)C1. The van der Waals surface area contributed by atoms with E-state index in [-0.39, 0.29) is 21.4 Å². The summed E-state index contributed by atoms with van der Waals surface area (Å²) in [5.74, 6) is 0. The van der Waals surface area contributed by atoms with Crippen LogP contribution in [0.15, 0.2) is 17.0 Å². The second kappa shape index (κ2) is 6.63. The second-order valence-electron chi connectivity index (χ2n) is 9.30. The molecule has 29 heavy (non-hydrogen) atoms. The number of alkyl halides is 3. The molecule has 1 aromatic rings. The molecule has 0 radical (unpaired) electrons. The molecular weight excluding hydrogens is 407 g/mol. The average Bonchev–Trinajstić information content (AvgIpc) is 2.52. The minimum absolute atomic E-state index is 0.0469. The van der Waals surface area contributed by atoms with Crippen LogP contribution in [0, 0.1) is 17.8 Å². The Morgan fingerprint density at radius 2 is 1.83 bits per heavy atom. The van der Waals surface area contributed by atoms with E-state index in [1.807, 2.05) is 0 Å². The van der Waals surface area contributed by atoms with Crippen molar-refractivity contribution in [3.63, 3.8) is 0 Å². The lowest BCUT2D eigenvalue weighted by atomic mass is 9.70. The van der Waals surface area contributed by atoms with Gasteiger partial charge in [0.05, 0.1) is 12.3 Å². The highest BCUT2D eigenvalue weighted by Crippen LogP contribution is 2.46. The molecule has 6 nitrogen and oxygen atoms in total. The minimum atomic E-state index is -4.60. The van der Waals surface area contributed by atoms with Gasteiger partial charge in [-0.3, -0.25) is 4.90 Å². The van der Waals surface area contributed by atoms with Gasteiger partial charge in [0.15, 0.2) is 0 Å². The summed E-state index contributed by atoms with van der Waals surface area (Å²) in [6.07, 6.45) is -3.62. The van der Waals surface area contributed by atoms with E-state index in [0.29, 0.717) is 19.1 Å². The Morgan fingerprint density at radius 3 is 2.38 bits per heavy atom. The molecule has 0 bridgehead atoms. The summed E-state index contributed by atoms with van der Waals surface area (Å²) < 4.78 is 71.1. The summed E-state index contributed by atoms with van der Waals surface area (Å²) in [6, 6.07) is 2.17. The molecule has 0 aromatic carbocycles. The Hall–Kier alpha value is -1.23. The predicted molar refractivity (Wildman–Crippen MR) is 99.7 cm³/mol. The van der Waals surface area contributed by atoms with Crippen LogP contribution in [0.3, 0.4) is 0 Å². The number of halogens is 3. The first-order valence-corrected chi connectivity index (χ1v) is 11.2. The smallest absolute Gasteiger partial charge is 0.381 e. The van der Waals surface area contributed by atoms with Crippen molar-refractivity contribution >= 4 is 10.0 Å². The molecule has 0 unspecified atom stereocenters. The fourth-order valence-electron chi connectivity index (χ4n) is 4.92. The Bertz CT molecular complexity index is 903. The number of ether oxygens (including phenoxy) is 1. The van der Waals surface area contributed by atoms with Crippen molar-refractivity contribution in [1.29, 1.82) is 0 Å². The molecule has 1 spiro atoms. The maximum atomic E-state index is 12.9. The third kappa shape index (κ3) is 3.58. The van der Waals surface area contributed by atoms with Crippen LogP contribution >= 0.6 is 0 Å². The number of likely N-dealkylation sites (tertiary alicyclic amines) is 1. The number of aryl methyl sites for hydroxylation is 1. The molecule has 3 aliphatic rings. The topological polar surface area (TPSA) is 62.7 Å². The lowest BCUT2D eigenvalue weighted by molar-refractivity contribution is -0.150. The molecule has 0 aliphatic carbocycles. The van der Waals surface area contributed by atoms with Gasteiger partial charge in [-0.15, -0.1) is 0 Å². The minimum Gasteiger partial charge on any atom is -0.381 e. The molecule has 0 saturated carbocycles. The van der Waals surface area contributed by atoms with Gasteiger partial charge in [-0.05, 0) is 25.5 Å². The fraction of sp³-hybridized carbons (Fsp3) is 0.737. The van der Waals surface area contributed by atoms with Gasteiger partial charge >= 0.3 is 6.18 Å². The van der Waals surface area contributed by atoms with E-state index < -0.39 is 21.9 Å². The lowest BCUT2D eigenvalue weighted by Crippen LogP contribution is -2.75. The van der Waals surface area contributed by atoms with Gasteiger partial charge in [0.2, 0.25) is 10.0 Å².